The fraction of sp³-hybridized carbons (Fsp3) is 0.444. The van der Waals surface area contributed by atoms with Gasteiger partial charge in [0, 0.05) is 5.70 Å². The highest BCUT2D eigenvalue weighted by atomic mass is 32.1. The van der Waals surface area contributed by atoms with Crippen LogP contribution in [0.1, 0.15) is 44.9 Å². The Hall–Kier alpha value is -1.88. The van der Waals surface area contributed by atoms with E-state index in [2.05, 4.69) is 29.7 Å². The highest BCUT2D eigenvalue weighted by Crippen LogP contribution is 2.28. The summed E-state index contributed by atoms with van der Waals surface area (Å²) in [7, 11) is 0. The van der Waals surface area contributed by atoms with E-state index in [1.54, 1.807) is 0 Å². The molecule has 0 saturated heterocycles. The van der Waals surface area contributed by atoms with Crippen molar-refractivity contribution in [3.8, 4) is 0 Å². The summed E-state index contributed by atoms with van der Waals surface area (Å²) in [6.45, 7) is 8.41. The highest BCUT2D eigenvalue weighted by molar-refractivity contribution is 7.80. The molecule has 1 aliphatic heterocycles. The molecule has 4 nitrogen and oxygen atoms in total. The lowest BCUT2D eigenvalue weighted by Gasteiger charge is -2.30. The van der Waals surface area contributed by atoms with Crippen molar-refractivity contribution in [3.05, 3.63) is 46.7 Å². The summed E-state index contributed by atoms with van der Waals surface area (Å²) >= 11 is 5.25. The summed E-state index contributed by atoms with van der Waals surface area (Å²) in [6.07, 6.45) is 0.983. The van der Waals surface area contributed by atoms with Crippen LogP contribution in [0.4, 0.5) is 0 Å². The molecule has 0 spiro atoms. The minimum absolute atomic E-state index is 0.283. The first-order valence-corrected chi connectivity index (χ1v) is 8.37. The third-order valence-corrected chi connectivity index (χ3v) is 3.98. The van der Waals surface area contributed by atoms with Gasteiger partial charge in [0.1, 0.15) is 0 Å². The lowest BCUT2D eigenvalue weighted by molar-refractivity contribution is -0.140. The molecule has 124 valence electrons. The third kappa shape index (κ3) is 4.32. The van der Waals surface area contributed by atoms with Crippen molar-refractivity contribution < 1.29 is 9.53 Å². The second kappa shape index (κ2) is 7.59. The first-order valence-electron chi connectivity index (χ1n) is 7.96. The molecule has 1 heterocycles. The topological polar surface area (TPSA) is 50.4 Å². The van der Waals surface area contributed by atoms with Crippen LogP contribution < -0.4 is 10.6 Å². The molecule has 0 aliphatic carbocycles. The minimum atomic E-state index is -0.303. The summed E-state index contributed by atoms with van der Waals surface area (Å²) in [5, 5.41) is 6.72. The molecular weight excluding hydrogens is 308 g/mol. The predicted molar refractivity (Wildman–Crippen MR) is 95.9 cm³/mol. The maximum atomic E-state index is 12.5. The Kier molecular flexibility index (Phi) is 5.77. The van der Waals surface area contributed by atoms with Crippen molar-refractivity contribution in [2.24, 2.45) is 5.92 Å². The zero-order valence-corrected chi connectivity index (χ0v) is 14.9. The molecule has 0 aromatic heterocycles. The zero-order valence-electron chi connectivity index (χ0n) is 14.1. The van der Waals surface area contributed by atoms with E-state index >= 15 is 0 Å². The van der Waals surface area contributed by atoms with Gasteiger partial charge in [-0.3, -0.25) is 0 Å². The average Bonchev–Trinajstić information content (AvgIpc) is 2.52. The van der Waals surface area contributed by atoms with Crippen LogP contribution in [0.25, 0.3) is 0 Å². The molecule has 0 amide bonds. The Morgan fingerprint density at radius 1 is 1.30 bits per heavy atom. The van der Waals surface area contributed by atoms with E-state index in [-0.39, 0.29) is 12.0 Å². The van der Waals surface area contributed by atoms with Gasteiger partial charge in [-0.05, 0) is 42.6 Å². The summed E-state index contributed by atoms with van der Waals surface area (Å²) in [5.74, 6) is -0.00371. The van der Waals surface area contributed by atoms with Gasteiger partial charge >= 0.3 is 5.97 Å². The van der Waals surface area contributed by atoms with Gasteiger partial charge in [-0.25, -0.2) is 4.79 Å². The zero-order chi connectivity index (χ0) is 17.0. The van der Waals surface area contributed by atoms with Crippen molar-refractivity contribution in [3.63, 3.8) is 0 Å². The van der Waals surface area contributed by atoms with Gasteiger partial charge in [0.2, 0.25) is 0 Å². The van der Waals surface area contributed by atoms with Crippen molar-refractivity contribution in [2.45, 2.75) is 40.2 Å². The van der Waals surface area contributed by atoms with Gasteiger partial charge in [-0.2, -0.15) is 0 Å². The lowest BCUT2D eigenvalue weighted by Crippen LogP contribution is -2.45. The second-order valence-electron chi connectivity index (χ2n) is 6.16. The van der Waals surface area contributed by atoms with E-state index in [0.717, 1.165) is 17.7 Å². The molecule has 1 aromatic rings. The number of nitrogens with one attached hydrogen (secondary N) is 2. The number of hydrogen-bond acceptors (Lipinski definition) is 3. The van der Waals surface area contributed by atoms with Crippen molar-refractivity contribution in [2.75, 3.05) is 6.61 Å². The predicted octanol–water partition coefficient (Wildman–Crippen LogP) is 3.24. The van der Waals surface area contributed by atoms with E-state index in [1.807, 2.05) is 32.9 Å². The lowest BCUT2D eigenvalue weighted by atomic mass is 9.94. The van der Waals surface area contributed by atoms with Crippen LogP contribution in [-0.2, 0) is 16.0 Å². The van der Waals surface area contributed by atoms with Crippen LogP contribution in [0.15, 0.2) is 35.5 Å². The maximum Gasteiger partial charge on any atom is 0.338 e. The minimum Gasteiger partial charge on any atom is -0.462 e. The van der Waals surface area contributed by atoms with Crippen molar-refractivity contribution >= 4 is 23.3 Å². The molecule has 1 aliphatic rings. The first-order chi connectivity index (χ1) is 10.9. The molecule has 0 radical (unpaired) electrons. The van der Waals surface area contributed by atoms with Crippen LogP contribution in [0.5, 0.6) is 0 Å². The number of ether oxygens (including phenoxy) is 1. The normalized spacial score (nSPS) is 17.8. The summed E-state index contributed by atoms with van der Waals surface area (Å²) in [5.41, 5.74) is 3.59. The van der Waals surface area contributed by atoms with Gasteiger partial charge in [0.15, 0.2) is 5.11 Å². The van der Waals surface area contributed by atoms with Gasteiger partial charge in [0.25, 0.3) is 0 Å². The number of aryl methyl sites for hydroxylation is 1. The van der Waals surface area contributed by atoms with Gasteiger partial charge in [0.05, 0.1) is 18.2 Å². The smallest absolute Gasteiger partial charge is 0.338 e. The molecule has 1 aromatic carbocycles. The monoisotopic (exact) mass is 332 g/mol. The molecule has 0 unspecified atom stereocenters. The van der Waals surface area contributed by atoms with Crippen molar-refractivity contribution in [1.82, 2.24) is 10.6 Å². The second-order valence-corrected chi connectivity index (χ2v) is 6.57. The number of esters is 1. The number of rotatable bonds is 5. The van der Waals surface area contributed by atoms with E-state index in [0.29, 0.717) is 23.2 Å². The van der Waals surface area contributed by atoms with E-state index in [4.69, 9.17) is 17.0 Å². The summed E-state index contributed by atoms with van der Waals surface area (Å²) in [4.78, 5) is 12.5. The molecule has 23 heavy (non-hydrogen) atoms. The highest BCUT2D eigenvalue weighted by Gasteiger charge is 2.30. The average molecular weight is 332 g/mol. The van der Waals surface area contributed by atoms with E-state index in [9.17, 15) is 4.79 Å². The molecule has 5 heteroatoms. The Morgan fingerprint density at radius 3 is 2.52 bits per heavy atom. The number of hydrogen-bond donors (Lipinski definition) is 2. The fourth-order valence-corrected chi connectivity index (χ4v) is 2.75. The Labute approximate surface area is 143 Å². The van der Waals surface area contributed by atoms with Gasteiger partial charge in [-0.1, -0.05) is 45.0 Å². The van der Waals surface area contributed by atoms with E-state index < -0.39 is 0 Å². The molecule has 0 bridgehead atoms. The quantitative estimate of drug-likeness (QED) is 0.640. The first kappa shape index (κ1) is 17.5. The Morgan fingerprint density at radius 2 is 1.96 bits per heavy atom. The van der Waals surface area contributed by atoms with Crippen molar-refractivity contribution in [1.29, 1.82) is 0 Å². The van der Waals surface area contributed by atoms with Crippen LogP contribution in [0.2, 0.25) is 0 Å². The SMILES string of the molecule is CCc1ccc([C@@H]2NC(=S)NC(C)=C2C(=O)OCC(C)C)cc1. The third-order valence-electron chi connectivity index (χ3n) is 3.76. The number of carbonyl (C=O) groups excluding carboxylic acids is 1. The molecule has 2 rings (SSSR count). The van der Waals surface area contributed by atoms with Gasteiger partial charge in [-0.15, -0.1) is 0 Å². The van der Waals surface area contributed by atoms with Crippen LogP contribution >= 0.6 is 12.2 Å². The van der Waals surface area contributed by atoms with E-state index in [1.165, 1.54) is 5.56 Å². The number of thiocarbonyl (C=S) groups is 1. The molecular formula is C18H24N2O2S. The molecule has 0 saturated carbocycles. The van der Waals surface area contributed by atoms with Crippen LogP contribution in [0.3, 0.4) is 0 Å². The molecule has 0 fully saturated rings. The number of allylic oxidation sites excluding steroid dienone is 1. The number of benzene rings is 1. The molecule has 2 N–H and O–H groups in total. The summed E-state index contributed by atoms with van der Waals surface area (Å²) in [6, 6.07) is 7.94. The summed E-state index contributed by atoms with van der Waals surface area (Å²) < 4.78 is 5.43. The maximum absolute atomic E-state index is 12.5. The Balaban J connectivity index is 2.31. The Bertz CT molecular complexity index is 620. The fourth-order valence-electron chi connectivity index (χ4n) is 2.48. The standard InChI is InChI=1S/C18H24N2O2S/c1-5-13-6-8-14(9-7-13)16-15(12(4)19-18(23)20-16)17(21)22-10-11(2)3/h6-9,11,16H,5,10H2,1-4H3,(H2,19,20,23)/t16-/m0/s1. The van der Waals surface area contributed by atoms with Crippen LogP contribution in [-0.4, -0.2) is 17.7 Å². The van der Waals surface area contributed by atoms with Crippen LogP contribution in [0, 0.1) is 5.92 Å². The van der Waals surface area contributed by atoms with Gasteiger partial charge < -0.3 is 15.4 Å². The largest absolute Gasteiger partial charge is 0.462 e. The number of carbonyl (C=O) groups is 1. The molecule has 1 atom stereocenters.